The Balaban J connectivity index is 1.83. The minimum absolute atomic E-state index is 0.303. The average molecular weight is 285 g/mol. The van der Waals surface area contributed by atoms with Crippen molar-refractivity contribution in [2.75, 3.05) is 13.2 Å². The topological polar surface area (TPSA) is 39.1 Å². The molecule has 1 unspecified atom stereocenters. The van der Waals surface area contributed by atoms with Crippen molar-refractivity contribution in [2.24, 2.45) is 7.05 Å². The van der Waals surface area contributed by atoms with Gasteiger partial charge in [0.25, 0.3) is 0 Å². The molecule has 1 aromatic heterocycles. The number of imidazole rings is 1. The maximum atomic E-state index is 5.60. The van der Waals surface area contributed by atoms with Crippen molar-refractivity contribution < 1.29 is 4.74 Å². The summed E-state index contributed by atoms with van der Waals surface area (Å²) in [7, 11) is 2.05. The van der Waals surface area contributed by atoms with E-state index in [2.05, 4.69) is 47.0 Å². The van der Waals surface area contributed by atoms with Crippen LogP contribution in [0.4, 0.5) is 0 Å². The van der Waals surface area contributed by atoms with Crippen molar-refractivity contribution in [1.82, 2.24) is 14.9 Å². The molecule has 0 bridgehead atoms. The van der Waals surface area contributed by atoms with E-state index in [-0.39, 0.29) is 0 Å². The van der Waals surface area contributed by atoms with Crippen molar-refractivity contribution in [3.05, 3.63) is 47.5 Å². The third-order valence-corrected chi connectivity index (χ3v) is 4.06. The zero-order chi connectivity index (χ0) is 14.7. The summed E-state index contributed by atoms with van der Waals surface area (Å²) in [5.74, 6) is 2.16. The first-order valence-electron chi connectivity index (χ1n) is 7.73. The van der Waals surface area contributed by atoms with Crippen LogP contribution in [0, 0.1) is 0 Å². The normalized spacial score (nSPS) is 14.8. The highest BCUT2D eigenvalue weighted by Gasteiger charge is 2.18. The van der Waals surface area contributed by atoms with Crippen LogP contribution in [0.2, 0.25) is 0 Å². The summed E-state index contributed by atoms with van der Waals surface area (Å²) >= 11 is 0. The van der Waals surface area contributed by atoms with Crippen molar-refractivity contribution in [3.8, 4) is 5.75 Å². The molecule has 21 heavy (non-hydrogen) atoms. The zero-order valence-electron chi connectivity index (χ0n) is 12.8. The minimum atomic E-state index is 0.303. The molecular formula is C17H23N3O. The van der Waals surface area contributed by atoms with Crippen LogP contribution in [0.25, 0.3) is 0 Å². The van der Waals surface area contributed by atoms with Gasteiger partial charge in [0.2, 0.25) is 0 Å². The van der Waals surface area contributed by atoms with E-state index in [4.69, 9.17) is 4.74 Å². The Labute approximate surface area is 126 Å². The number of aromatic nitrogens is 2. The molecule has 1 aromatic carbocycles. The SMILES string of the molecule is CCCNC(Cc1nccn1C)c1ccc2c(c1)CCO2. The summed E-state index contributed by atoms with van der Waals surface area (Å²) in [6, 6.07) is 6.88. The minimum Gasteiger partial charge on any atom is -0.493 e. The van der Waals surface area contributed by atoms with E-state index < -0.39 is 0 Å². The second kappa shape index (κ2) is 6.31. The lowest BCUT2D eigenvalue weighted by Gasteiger charge is -2.19. The van der Waals surface area contributed by atoms with Gasteiger partial charge in [0, 0.05) is 38.3 Å². The average Bonchev–Trinajstić information content (AvgIpc) is 3.11. The molecule has 0 saturated carbocycles. The molecule has 2 heterocycles. The Kier molecular flexibility index (Phi) is 4.25. The van der Waals surface area contributed by atoms with Gasteiger partial charge in [-0.25, -0.2) is 4.98 Å². The molecule has 4 heteroatoms. The first-order chi connectivity index (χ1) is 10.3. The van der Waals surface area contributed by atoms with E-state index in [1.165, 1.54) is 11.1 Å². The van der Waals surface area contributed by atoms with E-state index in [1.807, 2.05) is 12.4 Å². The Hall–Kier alpha value is -1.81. The van der Waals surface area contributed by atoms with Gasteiger partial charge < -0.3 is 14.6 Å². The second-order valence-corrected chi connectivity index (χ2v) is 5.63. The first kappa shape index (κ1) is 14.1. The third kappa shape index (κ3) is 3.10. The summed E-state index contributed by atoms with van der Waals surface area (Å²) in [5.41, 5.74) is 2.66. The number of hydrogen-bond donors (Lipinski definition) is 1. The summed E-state index contributed by atoms with van der Waals surface area (Å²) in [6.45, 7) is 4.02. The molecule has 2 aromatic rings. The monoisotopic (exact) mass is 285 g/mol. The summed E-state index contributed by atoms with van der Waals surface area (Å²) in [6.07, 6.45) is 6.92. The van der Waals surface area contributed by atoms with Crippen molar-refractivity contribution >= 4 is 0 Å². The molecule has 1 atom stereocenters. The van der Waals surface area contributed by atoms with Crippen LogP contribution >= 0.6 is 0 Å². The van der Waals surface area contributed by atoms with Crippen LogP contribution < -0.4 is 10.1 Å². The van der Waals surface area contributed by atoms with Crippen LogP contribution in [-0.2, 0) is 19.9 Å². The van der Waals surface area contributed by atoms with Gasteiger partial charge in [-0.2, -0.15) is 0 Å². The van der Waals surface area contributed by atoms with Crippen LogP contribution in [0.15, 0.2) is 30.6 Å². The van der Waals surface area contributed by atoms with E-state index in [1.54, 1.807) is 0 Å². The van der Waals surface area contributed by atoms with E-state index in [0.29, 0.717) is 6.04 Å². The van der Waals surface area contributed by atoms with Crippen LogP contribution in [0.1, 0.15) is 36.3 Å². The fraction of sp³-hybridized carbons (Fsp3) is 0.471. The van der Waals surface area contributed by atoms with E-state index in [9.17, 15) is 0 Å². The molecule has 0 saturated heterocycles. The fourth-order valence-corrected chi connectivity index (χ4v) is 2.83. The highest BCUT2D eigenvalue weighted by atomic mass is 16.5. The molecule has 0 spiro atoms. The van der Waals surface area contributed by atoms with Gasteiger partial charge in [-0.15, -0.1) is 0 Å². The van der Waals surface area contributed by atoms with Gasteiger partial charge in [-0.1, -0.05) is 19.1 Å². The maximum absolute atomic E-state index is 5.60. The maximum Gasteiger partial charge on any atom is 0.122 e. The Morgan fingerprint density at radius 3 is 3.10 bits per heavy atom. The van der Waals surface area contributed by atoms with Crippen molar-refractivity contribution in [2.45, 2.75) is 32.2 Å². The largest absolute Gasteiger partial charge is 0.493 e. The molecule has 0 amide bonds. The predicted molar refractivity (Wildman–Crippen MR) is 83.6 cm³/mol. The molecular weight excluding hydrogens is 262 g/mol. The fourth-order valence-electron chi connectivity index (χ4n) is 2.83. The molecule has 0 radical (unpaired) electrons. The highest BCUT2D eigenvalue weighted by Crippen LogP contribution is 2.29. The van der Waals surface area contributed by atoms with Gasteiger partial charge in [0.05, 0.1) is 6.61 Å². The van der Waals surface area contributed by atoms with Gasteiger partial charge in [-0.05, 0) is 30.2 Å². The summed E-state index contributed by atoms with van der Waals surface area (Å²) in [5, 5.41) is 3.65. The van der Waals surface area contributed by atoms with Gasteiger partial charge in [-0.3, -0.25) is 0 Å². The number of aryl methyl sites for hydroxylation is 1. The molecule has 1 N–H and O–H groups in total. The van der Waals surface area contributed by atoms with E-state index in [0.717, 1.165) is 44.0 Å². The lowest BCUT2D eigenvalue weighted by molar-refractivity contribution is 0.356. The molecule has 3 rings (SSSR count). The van der Waals surface area contributed by atoms with Gasteiger partial charge in [0.15, 0.2) is 0 Å². The molecule has 1 aliphatic heterocycles. The van der Waals surface area contributed by atoms with Crippen molar-refractivity contribution in [1.29, 1.82) is 0 Å². The summed E-state index contributed by atoms with van der Waals surface area (Å²) < 4.78 is 7.70. The molecule has 0 fully saturated rings. The molecule has 112 valence electrons. The van der Waals surface area contributed by atoms with E-state index >= 15 is 0 Å². The first-order valence-corrected chi connectivity index (χ1v) is 7.73. The lowest BCUT2D eigenvalue weighted by atomic mass is 9.99. The standard InChI is InChI=1S/C17H23N3O/c1-3-7-18-15(12-17-19-8-9-20(17)2)13-4-5-16-14(11-13)6-10-21-16/h4-5,8-9,11,15,18H,3,6-7,10,12H2,1-2H3. The Morgan fingerprint density at radius 1 is 1.43 bits per heavy atom. The smallest absolute Gasteiger partial charge is 0.122 e. The van der Waals surface area contributed by atoms with Crippen LogP contribution in [0.5, 0.6) is 5.75 Å². The number of benzene rings is 1. The number of nitrogens with one attached hydrogen (secondary N) is 1. The molecule has 1 aliphatic rings. The predicted octanol–water partition coefficient (Wildman–Crippen LogP) is 2.64. The highest BCUT2D eigenvalue weighted by molar-refractivity contribution is 5.41. The molecule has 4 nitrogen and oxygen atoms in total. The van der Waals surface area contributed by atoms with Gasteiger partial charge in [0.1, 0.15) is 11.6 Å². The number of rotatable bonds is 6. The number of ether oxygens (including phenoxy) is 1. The van der Waals surface area contributed by atoms with Crippen molar-refractivity contribution in [3.63, 3.8) is 0 Å². The number of fused-ring (bicyclic) bond motifs is 1. The van der Waals surface area contributed by atoms with Crippen LogP contribution in [-0.4, -0.2) is 22.7 Å². The Morgan fingerprint density at radius 2 is 2.33 bits per heavy atom. The van der Waals surface area contributed by atoms with Crippen LogP contribution in [0.3, 0.4) is 0 Å². The molecule has 0 aliphatic carbocycles. The lowest BCUT2D eigenvalue weighted by Crippen LogP contribution is -2.25. The quantitative estimate of drug-likeness (QED) is 0.887. The zero-order valence-corrected chi connectivity index (χ0v) is 12.8. The Bertz CT molecular complexity index is 606. The third-order valence-electron chi connectivity index (χ3n) is 4.06. The number of nitrogens with zero attached hydrogens (tertiary/aromatic N) is 2. The number of hydrogen-bond acceptors (Lipinski definition) is 3. The summed E-state index contributed by atoms with van der Waals surface area (Å²) in [4.78, 5) is 4.46. The van der Waals surface area contributed by atoms with Gasteiger partial charge >= 0.3 is 0 Å². The second-order valence-electron chi connectivity index (χ2n) is 5.63.